The monoisotopic (exact) mass is 297 g/mol. The second kappa shape index (κ2) is 6.48. The molecule has 1 fully saturated rings. The highest BCUT2D eigenvalue weighted by Crippen LogP contribution is 2.38. The standard InChI is InChI=1S/C15H20BN5O/c16-11-15(3-1-4-15)22-10-14-9-21(20-19-14)5-2-12-6-13(17)8-18-7-12/h6-9H,1-5,10-11,17H2. The zero-order valence-corrected chi connectivity index (χ0v) is 12.6. The van der Waals surface area contributed by atoms with Gasteiger partial charge in [0.2, 0.25) is 0 Å². The van der Waals surface area contributed by atoms with Crippen molar-refractivity contribution in [2.45, 2.75) is 50.8 Å². The van der Waals surface area contributed by atoms with Crippen LogP contribution in [0.4, 0.5) is 5.69 Å². The molecule has 0 aliphatic heterocycles. The van der Waals surface area contributed by atoms with Gasteiger partial charge in [-0.05, 0) is 37.3 Å². The fourth-order valence-electron chi connectivity index (χ4n) is 2.61. The predicted octanol–water partition coefficient (Wildman–Crippen LogP) is 1.52. The van der Waals surface area contributed by atoms with E-state index in [0.29, 0.717) is 18.6 Å². The zero-order chi connectivity index (χ0) is 15.4. The Labute approximate surface area is 131 Å². The largest absolute Gasteiger partial charge is 0.397 e. The summed E-state index contributed by atoms with van der Waals surface area (Å²) in [4.78, 5) is 4.08. The van der Waals surface area contributed by atoms with Gasteiger partial charge in [-0.1, -0.05) is 11.5 Å². The average Bonchev–Trinajstić information content (AvgIpc) is 2.93. The molecule has 7 heteroatoms. The minimum absolute atomic E-state index is 0.128. The average molecular weight is 297 g/mol. The first-order chi connectivity index (χ1) is 10.7. The topological polar surface area (TPSA) is 78.9 Å². The third kappa shape index (κ3) is 3.47. The van der Waals surface area contributed by atoms with Gasteiger partial charge in [-0.15, -0.1) is 5.10 Å². The molecule has 2 N–H and O–H groups in total. The van der Waals surface area contributed by atoms with Crippen LogP contribution in [0.15, 0.2) is 24.7 Å². The molecule has 2 aromatic rings. The number of hydrogen-bond donors (Lipinski definition) is 1. The maximum absolute atomic E-state index is 5.93. The Morgan fingerprint density at radius 2 is 2.23 bits per heavy atom. The number of rotatable bonds is 7. The lowest BCUT2D eigenvalue weighted by Crippen LogP contribution is -2.39. The smallest absolute Gasteiger partial charge is 0.108 e. The highest BCUT2D eigenvalue weighted by atomic mass is 16.5. The molecule has 1 aliphatic carbocycles. The van der Waals surface area contributed by atoms with Gasteiger partial charge in [0.25, 0.3) is 0 Å². The first-order valence-corrected chi connectivity index (χ1v) is 7.62. The van der Waals surface area contributed by atoms with Crippen LogP contribution in [0.3, 0.4) is 0 Å². The van der Waals surface area contributed by atoms with Gasteiger partial charge in [-0.25, -0.2) is 0 Å². The summed E-state index contributed by atoms with van der Waals surface area (Å²) in [5.41, 5.74) is 8.20. The molecule has 1 saturated carbocycles. The molecular weight excluding hydrogens is 277 g/mol. The third-order valence-electron chi connectivity index (χ3n) is 4.19. The Kier molecular flexibility index (Phi) is 4.43. The van der Waals surface area contributed by atoms with Crippen molar-refractivity contribution in [3.05, 3.63) is 35.9 Å². The van der Waals surface area contributed by atoms with Crippen molar-refractivity contribution in [2.24, 2.45) is 0 Å². The number of nitrogens with two attached hydrogens (primary N) is 1. The van der Waals surface area contributed by atoms with Crippen molar-refractivity contribution in [2.75, 3.05) is 5.73 Å². The normalized spacial score (nSPS) is 16.4. The Hall–Kier alpha value is -1.89. The maximum Gasteiger partial charge on any atom is 0.108 e. The van der Waals surface area contributed by atoms with E-state index in [-0.39, 0.29) is 5.60 Å². The summed E-state index contributed by atoms with van der Waals surface area (Å²) in [6, 6.07) is 1.93. The zero-order valence-electron chi connectivity index (χ0n) is 12.6. The summed E-state index contributed by atoms with van der Waals surface area (Å²) < 4.78 is 7.74. The highest BCUT2D eigenvalue weighted by molar-refractivity contribution is 6.09. The molecule has 0 atom stereocenters. The van der Waals surface area contributed by atoms with E-state index in [4.69, 9.17) is 18.3 Å². The van der Waals surface area contributed by atoms with Crippen LogP contribution in [0.25, 0.3) is 0 Å². The lowest BCUT2D eigenvalue weighted by molar-refractivity contribution is -0.0954. The van der Waals surface area contributed by atoms with Gasteiger partial charge >= 0.3 is 0 Å². The number of hydrogen-bond acceptors (Lipinski definition) is 5. The summed E-state index contributed by atoms with van der Waals surface area (Å²) in [7, 11) is 5.78. The first-order valence-electron chi connectivity index (χ1n) is 7.62. The number of aryl methyl sites for hydroxylation is 2. The minimum atomic E-state index is -0.128. The predicted molar refractivity (Wildman–Crippen MR) is 84.3 cm³/mol. The van der Waals surface area contributed by atoms with Crippen LogP contribution in [0, 0.1) is 0 Å². The fraction of sp³-hybridized carbons (Fsp3) is 0.533. The molecule has 2 radical (unpaired) electrons. The molecule has 114 valence electrons. The van der Waals surface area contributed by atoms with Crippen molar-refractivity contribution in [1.29, 1.82) is 0 Å². The summed E-state index contributed by atoms with van der Waals surface area (Å²) in [5.74, 6) is 0. The van der Waals surface area contributed by atoms with Crippen LogP contribution in [-0.4, -0.2) is 33.4 Å². The quantitative estimate of drug-likeness (QED) is 0.784. The molecule has 2 aromatic heterocycles. The number of pyridine rings is 1. The molecule has 0 aromatic carbocycles. The molecular formula is C15H20BN5O. The molecule has 3 rings (SSSR count). The van der Waals surface area contributed by atoms with Gasteiger partial charge in [0.05, 0.1) is 31.9 Å². The van der Waals surface area contributed by atoms with Crippen LogP contribution in [0.2, 0.25) is 6.32 Å². The van der Waals surface area contributed by atoms with E-state index < -0.39 is 0 Å². The van der Waals surface area contributed by atoms with Crippen molar-refractivity contribution >= 4 is 13.5 Å². The van der Waals surface area contributed by atoms with E-state index in [2.05, 4.69) is 15.3 Å². The van der Waals surface area contributed by atoms with Crippen LogP contribution in [-0.2, 0) is 24.3 Å². The molecule has 0 bridgehead atoms. The Morgan fingerprint density at radius 1 is 1.36 bits per heavy atom. The molecule has 0 spiro atoms. The summed E-state index contributed by atoms with van der Waals surface area (Å²) in [6.45, 7) is 1.21. The SMILES string of the molecule is [B]CC1(OCc2cn(CCc3cncc(N)c3)nn2)CCC1. The van der Waals surface area contributed by atoms with Gasteiger partial charge in [-0.3, -0.25) is 9.67 Å². The number of ether oxygens (including phenoxy) is 1. The number of nitrogens with zero attached hydrogens (tertiary/aromatic N) is 4. The minimum Gasteiger partial charge on any atom is -0.397 e. The van der Waals surface area contributed by atoms with E-state index in [1.54, 1.807) is 6.20 Å². The van der Waals surface area contributed by atoms with E-state index in [1.807, 2.05) is 23.1 Å². The van der Waals surface area contributed by atoms with E-state index in [9.17, 15) is 0 Å². The van der Waals surface area contributed by atoms with Crippen molar-refractivity contribution in [1.82, 2.24) is 20.0 Å². The number of aromatic nitrogens is 4. The Bertz CT molecular complexity index is 620. The van der Waals surface area contributed by atoms with Crippen LogP contribution in [0.1, 0.15) is 30.5 Å². The second-order valence-electron chi connectivity index (χ2n) is 5.88. The van der Waals surface area contributed by atoms with Crippen LogP contribution >= 0.6 is 0 Å². The lowest BCUT2D eigenvalue weighted by atomic mass is 9.71. The van der Waals surface area contributed by atoms with Crippen molar-refractivity contribution < 1.29 is 4.74 Å². The Balaban J connectivity index is 1.50. The molecule has 0 saturated heterocycles. The molecule has 2 heterocycles. The number of nitrogen functional groups attached to an aromatic ring is 1. The highest BCUT2D eigenvalue weighted by Gasteiger charge is 2.35. The van der Waals surface area contributed by atoms with E-state index >= 15 is 0 Å². The van der Waals surface area contributed by atoms with Crippen molar-refractivity contribution in [3.8, 4) is 0 Å². The molecule has 6 nitrogen and oxygen atoms in total. The first kappa shape index (κ1) is 15.0. The van der Waals surface area contributed by atoms with Crippen LogP contribution < -0.4 is 5.73 Å². The van der Waals surface area contributed by atoms with Gasteiger partial charge < -0.3 is 10.5 Å². The van der Waals surface area contributed by atoms with Crippen molar-refractivity contribution in [3.63, 3.8) is 0 Å². The van der Waals surface area contributed by atoms with E-state index in [1.165, 1.54) is 6.42 Å². The molecule has 22 heavy (non-hydrogen) atoms. The Morgan fingerprint density at radius 3 is 2.91 bits per heavy atom. The maximum atomic E-state index is 5.93. The number of anilines is 1. The summed E-state index contributed by atoms with van der Waals surface area (Å²) in [5, 5.41) is 8.28. The van der Waals surface area contributed by atoms with Crippen LogP contribution in [0.5, 0.6) is 0 Å². The van der Waals surface area contributed by atoms with Gasteiger partial charge in [-0.2, -0.15) is 0 Å². The lowest BCUT2D eigenvalue weighted by Gasteiger charge is -2.41. The fourth-order valence-corrected chi connectivity index (χ4v) is 2.61. The second-order valence-corrected chi connectivity index (χ2v) is 5.88. The summed E-state index contributed by atoms with van der Waals surface area (Å²) >= 11 is 0. The van der Waals surface area contributed by atoms with E-state index in [0.717, 1.165) is 37.1 Å². The summed E-state index contributed by atoms with van der Waals surface area (Å²) in [6.07, 6.45) is 10.0. The molecule has 0 unspecified atom stereocenters. The third-order valence-corrected chi connectivity index (χ3v) is 4.19. The van der Waals surface area contributed by atoms with Gasteiger partial charge in [0.15, 0.2) is 0 Å². The molecule has 0 amide bonds. The van der Waals surface area contributed by atoms with Gasteiger partial charge in [0, 0.05) is 18.9 Å². The molecule has 1 aliphatic rings. The van der Waals surface area contributed by atoms with Gasteiger partial charge in [0.1, 0.15) is 5.69 Å².